The summed E-state index contributed by atoms with van der Waals surface area (Å²) in [7, 11) is 0. The minimum Gasteiger partial charge on any atom is -0.494 e. The maximum absolute atomic E-state index is 5.92. The van der Waals surface area contributed by atoms with Crippen molar-refractivity contribution in [1.82, 2.24) is 0 Å². The Morgan fingerprint density at radius 3 is 2.26 bits per heavy atom. The highest BCUT2D eigenvalue weighted by Gasteiger charge is 2.10. The topological polar surface area (TPSA) is 35.2 Å². The third-order valence-electron chi connectivity index (χ3n) is 3.27. The van der Waals surface area contributed by atoms with Gasteiger partial charge >= 0.3 is 0 Å². The SMILES string of the molecule is CCOc1ccc(C(CN)Cc2ccccc2)cc1. The van der Waals surface area contributed by atoms with Crippen molar-refractivity contribution >= 4 is 0 Å². The van der Waals surface area contributed by atoms with Crippen molar-refractivity contribution in [1.29, 1.82) is 0 Å². The number of hydrogen-bond donors (Lipinski definition) is 1. The summed E-state index contributed by atoms with van der Waals surface area (Å²) in [6.07, 6.45) is 0.978. The molecule has 0 saturated heterocycles. The van der Waals surface area contributed by atoms with Crippen molar-refractivity contribution in [2.75, 3.05) is 13.2 Å². The van der Waals surface area contributed by atoms with Gasteiger partial charge in [0.25, 0.3) is 0 Å². The molecule has 1 unspecified atom stereocenters. The molecule has 2 N–H and O–H groups in total. The first-order chi connectivity index (χ1) is 9.33. The lowest BCUT2D eigenvalue weighted by molar-refractivity contribution is 0.340. The van der Waals surface area contributed by atoms with E-state index in [1.807, 2.05) is 25.1 Å². The molecular formula is C17H21NO. The molecular weight excluding hydrogens is 234 g/mol. The highest BCUT2D eigenvalue weighted by molar-refractivity contribution is 5.31. The van der Waals surface area contributed by atoms with Crippen molar-refractivity contribution < 1.29 is 4.74 Å². The number of ether oxygens (including phenoxy) is 1. The monoisotopic (exact) mass is 255 g/mol. The van der Waals surface area contributed by atoms with Crippen molar-refractivity contribution in [3.8, 4) is 5.75 Å². The van der Waals surface area contributed by atoms with Crippen LogP contribution in [0.1, 0.15) is 24.0 Å². The largest absolute Gasteiger partial charge is 0.494 e. The second-order valence-electron chi connectivity index (χ2n) is 4.62. The normalized spacial score (nSPS) is 12.1. The standard InChI is InChI=1S/C17H21NO/c1-2-19-17-10-8-15(9-11-17)16(13-18)12-14-6-4-3-5-7-14/h3-11,16H,2,12-13,18H2,1H3. The van der Waals surface area contributed by atoms with E-state index in [1.165, 1.54) is 11.1 Å². The molecule has 2 aromatic carbocycles. The predicted molar refractivity (Wildman–Crippen MR) is 79.6 cm³/mol. The van der Waals surface area contributed by atoms with E-state index in [4.69, 9.17) is 10.5 Å². The van der Waals surface area contributed by atoms with Crippen molar-refractivity contribution in [3.05, 3.63) is 65.7 Å². The fourth-order valence-electron chi connectivity index (χ4n) is 2.24. The van der Waals surface area contributed by atoms with E-state index in [9.17, 15) is 0 Å². The Kier molecular flexibility index (Phi) is 4.99. The maximum Gasteiger partial charge on any atom is 0.119 e. The first-order valence-electron chi connectivity index (χ1n) is 6.80. The zero-order chi connectivity index (χ0) is 13.5. The summed E-state index contributed by atoms with van der Waals surface area (Å²) in [4.78, 5) is 0. The summed E-state index contributed by atoms with van der Waals surface area (Å²) >= 11 is 0. The molecule has 100 valence electrons. The molecule has 2 aromatic rings. The van der Waals surface area contributed by atoms with Crippen LogP contribution in [0, 0.1) is 0 Å². The zero-order valence-electron chi connectivity index (χ0n) is 11.4. The van der Waals surface area contributed by atoms with Crippen LogP contribution in [0.15, 0.2) is 54.6 Å². The molecule has 19 heavy (non-hydrogen) atoms. The fourth-order valence-corrected chi connectivity index (χ4v) is 2.24. The van der Waals surface area contributed by atoms with E-state index < -0.39 is 0 Å². The van der Waals surface area contributed by atoms with Crippen molar-refractivity contribution in [3.63, 3.8) is 0 Å². The maximum atomic E-state index is 5.92. The molecule has 0 spiro atoms. The molecule has 0 radical (unpaired) electrons. The first kappa shape index (κ1) is 13.6. The average molecular weight is 255 g/mol. The summed E-state index contributed by atoms with van der Waals surface area (Å²) in [5.41, 5.74) is 8.52. The van der Waals surface area contributed by atoms with Gasteiger partial charge in [-0.2, -0.15) is 0 Å². The highest BCUT2D eigenvalue weighted by Crippen LogP contribution is 2.22. The number of rotatable bonds is 6. The van der Waals surface area contributed by atoms with E-state index >= 15 is 0 Å². The lowest BCUT2D eigenvalue weighted by atomic mass is 9.92. The number of hydrogen-bond acceptors (Lipinski definition) is 2. The lowest BCUT2D eigenvalue weighted by Gasteiger charge is -2.16. The van der Waals surface area contributed by atoms with Crippen LogP contribution in [0.3, 0.4) is 0 Å². The van der Waals surface area contributed by atoms with E-state index in [0.717, 1.165) is 12.2 Å². The number of benzene rings is 2. The van der Waals surface area contributed by atoms with Gasteiger partial charge in [0.2, 0.25) is 0 Å². The van der Waals surface area contributed by atoms with Gasteiger partial charge in [-0.15, -0.1) is 0 Å². The van der Waals surface area contributed by atoms with Crippen LogP contribution in [-0.4, -0.2) is 13.2 Å². The van der Waals surface area contributed by atoms with Gasteiger partial charge in [-0.3, -0.25) is 0 Å². The second-order valence-corrected chi connectivity index (χ2v) is 4.62. The first-order valence-corrected chi connectivity index (χ1v) is 6.80. The fraction of sp³-hybridized carbons (Fsp3) is 0.294. The van der Waals surface area contributed by atoms with Crippen LogP contribution in [0.25, 0.3) is 0 Å². The molecule has 0 fully saturated rings. The van der Waals surface area contributed by atoms with Crippen LogP contribution >= 0.6 is 0 Å². The van der Waals surface area contributed by atoms with Crippen molar-refractivity contribution in [2.45, 2.75) is 19.3 Å². The molecule has 0 aliphatic rings. The van der Waals surface area contributed by atoms with Gasteiger partial charge in [0, 0.05) is 5.92 Å². The molecule has 1 atom stereocenters. The van der Waals surface area contributed by atoms with Crippen LogP contribution < -0.4 is 10.5 Å². The molecule has 0 heterocycles. The Bertz CT molecular complexity index is 478. The van der Waals surface area contributed by atoms with Crippen LogP contribution in [-0.2, 0) is 6.42 Å². The number of nitrogens with two attached hydrogens (primary N) is 1. The van der Waals surface area contributed by atoms with E-state index in [2.05, 4.69) is 36.4 Å². The molecule has 0 saturated carbocycles. The molecule has 2 nitrogen and oxygen atoms in total. The Labute approximate surface area is 115 Å². The summed E-state index contributed by atoms with van der Waals surface area (Å²) < 4.78 is 5.46. The quantitative estimate of drug-likeness (QED) is 0.859. The summed E-state index contributed by atoms with van der Waals surface area (Å²) in [6.45, 7) is 3.35. The molecule has 0 aliphatic carbocycles. The molecule has 0 bridgehead atoms. The minimum absolute atomic E-state index is 0.359. The molecule has 0 amide bonds. The highest BCUT2D eigenvalue weighted by atomic mass is 16.5. The van der Waals surface area contributed by atoms with E-state index in [0.29, 0.717) is 19.1 Å². The van der Waals surface area contributed by atoms with E-state index in [-0.39, 0.29) is 0 Å². The van der Waals surface area contributed by atoms with Gasteiger partial charge < -0.3 is 10.5 Å². The Morgan fingerprint density at radius 2 is 1.68 bits per heavy atom. The van der Waals surface area contributed by atoms with Gasteiger partial charge in [0.1, 0.15) is 5.75 Å². The van der Waals surface area contributed by atoms with Gasteiger partial charge in [-0.05, 0) is 43.1 Å². The summed E-state index contributed by atoms with van der Waals surface area (Å²) in [5.74, 6) is 1.28. The summed E-state index contributed by atoms with van der Waals surface area (Å²) in [5, 5.41) is 0. The summed E-state index contributed by atoms with van der Waals surface area (Å²) in [6, 6.07) is 18.8. The minimum atomic E-state index is 0.359. The third kappa shape index (κ3) is 3.83. The third-order valence-corrected chi connectivity index (χ3v) is 3.27. The Morgan fingerprint density at radius 1 is 1.00 bits per heavy atom. The smallest absolute Gasteiger partial charge is 0.119 e. The second kappa shape index (κ2) is 6.95. The van der Waals surface area contributed by atoms with Crippen LogP contribution in [0.5, 0.6) is 5.75 Å². The van der Waals surface area contributed by atoms with Gasteiger partial charge in [-0.1, -0.05) is 42.5 Å². The van der Waals surface area contributed by atoms with Crippen LogP contribution in [0.2, 0.25) is 0 Å². The van der Waals surface area contributed by atoms with Crippen molar-refractivity contribution in [2.24, 2.45) is 5.73 Å². The van der Waals surface area contributed by atoms with Gasteiger partial charge in [0.05, 0.1) is 6.61 Å². The predicted octanol–water partition coefficient (Wildman–Crippen LogP) is 3.37. The lowest BCUT2D eigenvalue weighted by Crippen LogP contribution is -2.15. The zero-order valence-corrected chi connectivity index (χ0v) is 11.4. The van der Waals surface area contributed by atoms with Crippen LogP contribution in [0.4, 0.5) is 0 Å². The Balaban J connectivity index is 2.08. The average Bonchev–Trinajstić information content (AvgIpc) is 2.47. The Hall–Kier alpha value is -1.80. The molecule has 2 rings (SSSR count). The van der Waals surface area contributed by atoms with E-state index in [1.54, 1.807) is 0 Å². The van der Waals surface area contributed by atoms with Gasteiger partial charge in [-0.25, -0.2) is 0 Å². The van der Waals surface area contributed by atoms with Gasteiger partial charge in [0.15, 0.2) is 0 Å². The molecule has 0 aromatic heterocycles. The molecule has 0 aliphatic heterocycles. The molecule has 2 heteroatoms.